The Hall–Kier alpha value is -1.68. The summed E-state index contributed by atoms with van der Waals surface area (Å²) < 4.78 is 7.94. The van der Waals surface area contributed by atoms with Gasteiger partial charge in [-0.15, -0.1) is 0 Å². The fourth-order valence-electron chi connectivity index (χ4n) is 2.68. The molecule has 0 N–H and O–H groups in total. The standard InChI is InChI=1S/C18H17N2OSi.Ir/c1-22(2,3)13-11-19-20(12-13)16-9-6-8-15-14-7-4-5-10-17(14)21-18(15)16;/h4-8,10-12H,1-3H3;/q-1;. The number of para-hydroxylation sites is 1. The van der Waals surface area contributed by atoms with Gasteiger partial charge in [0.05, 0.1) is 8.07 Å². The minimum absolute atomic E-state index is 0. The van der Waals surface area contributed by atoms with Crippen LogP contribution < -0.4 is 5.19 Å². The van der Waals surface area contributed by atoms with E-state index in [0.717, 1.165) is 27.6 Å². The first-order valence-corrected chi connectivity index (χ1v) is 10.9. The molecule has 0 fully saturated rings. The Morgan fingerprint density at radius 1 is 1.09 bits per heavy atom. The number of benzene rings is 2. The van der Waals surface area contributed by atoms with Crippen molar-refractivity contribution in [1.82, 2.24) is 9.78 Å². The average molecular weight is 498 g/mol. The van der Waals surface area contributed by atoms with Crippen LogP contribution in [0.5, 0.6) is 0 Å². The predicted octanol–water partition coefficient (Wildman–Crippen LogP) is 4.11. The molecule has 2 heterocycles. The molecule has 1 radical (unpaired) electrons. The maximum Gasteiger partial charge on any atom is 0.116 e. The predicted molar refractivity (Wildman–Crippen MR) is 92.7 cm³/mol. The Kier molecular flexibility index (Phi) is 4.04. The van der Waals surface area contributed by atoms with E-state index >= 15 is 0 Å². The van der Waals surface area contributed by atoms with E-state index < -0.39 is 8.07 Å². The Bertz CT molecular complexity index is 981. The number of aromatic nitrogens is 2. The van der Waals surface area contributed by atoms with Gasteiger partial charge in [0.25, 0.3) is 0 Å². The molecule has 0 atom stereocenters. The Labute approximate surface area is 149 Å². The van der Waals surface area contributed by atoms with Gasteiger partial charge in [0.1, 0.15) is 5.58 Å². The molecule has 2 aromatic heterocycles. The second-order valence-corrected chi connectivity index (χ2v) is 11.7. The second kappa shape index (κ2) is 5.75. The van der Waals surface area contributed by atoms with Crippen molar-refractivity contribution in [1.29, 1.82) is 0 Å². The molecule has 3 nitrogen and oxygen atoms in total. The van der Waals surface area contributed by atoms with Crippen molar-refractivity contribution in [3.63, 3.8) is 0 Å². The van der Waals surface area contributed by atoms with Crippen molar-refractivity contribution < 1.29 is 24.5 Å². The first kappa shape index (κ1) is 16.2. The SMILES string of the molecule is C[Si](C)(C)c1cnn(-c2[c-]ccc3c2oc2ccccc23)c1.[Ir]. The summed E-state index contributed by atoms with van der Waals surface area (Å²) in [5.74, 6) is 0. The van der Waals surface area contributed by atoms with Gasteiger partial charge in [-0.3, -0.25) is 4.68 Å². The summed E-state index contributed by atoms with van der Waals surface area (Å²) in [6.45, 7) is 6.96. The summed E-state index contributed by atoms with van der Waals surface area (Å²) in [7, 11) is -1.37. The van der Waals surface area contributed by atoms with Gasteiger partial charge in [-0.05, 0) is 16.9 Å². The minimum atomic E-state index is -1.37. The molecular formula is C18H17IrN2OSi-. The number of nitrogens with zero attached hydrogens (tertiary/aromatic N) is 2. The van der Waals surface area contributed by atoms with Gasteiger partial charge in [0.15, 0.2) is 0 Å². The van der Waals surface area contributed by atoms with Crippen LogP contribution in [0, 0.1) is 6.07 Å². The summed E-state index contributed by atoms with van der Waals surface area (Å²) in [6, 6.07) is 15.4. The van der Waals surface area contributed by atoms with Crippen LogP contribution >= 0.6 is 0 Å². The van der Waals surface area contributed by atoms with E-state index in [1.165, 1.54) is 5.19 Å². The van der Waals surface area contributed by atoms with Gasteiger partial charge in [-0.25, -0.2) is 0 Å². The maximum absolute atomic E-state index is 6.05. The minimum Gasteiger partial charge on any atom is -0.513 e. The number of rotatable bonds is 2. The van der Waals surface area contributed by atoms with Crippen molar-refractivity contribution in [2.24, 2.45) is 0 Å². The summed E-state index contributed by atoms with van der Waals surface area (Å²) in [5, 5.41) is 8.10. The van der Waals surface area contributed by atoms with E-state index in [-0.39, 0.29) is 20.1 Å². The molecule has 5 heteroatoms. The molecule has 2 aromatic carbocycles. The molecule has 119 valence electrons. The van der Waals surface area contributed by atoms with Crippen molar-refractivity contribution in [2.75, 3.05) is 0 Å². The first-order valence-electron chi connectivity index (χ1n) is 7.41. The summed E-state index contributed by atoms with van der Waals surface area (Å²) >= 11 is 0. The zero-order valence-electron chi connectivity index (χ0n) is 13.3. The zero-order chi connectivity index (χ0) is 15.3. The molecule has 0 aliphatic rings. The Morgan fingerprint density at radius 3 is 2.61 bits per heavy atom. The number of hydrogen-bond acceptors (Lipinski definition) is 2. The maximum atomic E-state index is 6.05. The van der Waals surface area contributed by atoms with Crippen LogP contribution in [0.4, 0.5) is 0 Å². The summed E-state index contributed by atoms with van der Waals surface area (Å²) in [5.41, 5.74) is 2.61. The van der Waals surface area contributed by atoms with Gasteiger partial charge < -0.3 is 4.42 Å². The van der Waals surface area contributed by atoms with Crippen LogP contribution in [0.2, 0.25) is 19.6 Å². The average Bonchev–Trinajstić information content (AvgIpc) is 3.11. The van der Waals surface area contributed by atoms with E-state index in [4.69, 9.17) is 4.42 Å². The van der Waals surface area contributed by atoms with E-state index in [1.807, 2.05) is 41.2 Å². The molecule has 0 saturated heterocycles. The topological polar surface area (TPSA) is 31.0 Å². The van der Waals surface area contributed by atoms with Crippen molar-refractivity contribution >= 4 is 35.2 Å². The Balaban J connectivity index is 0.00000156. The van der Waals surface area contributed by atoms with E-state index in [0.29, 0.717) is 0 Å². The second-order valence-electron chi connectivity index (χ2n) is 6.59. The fraction of sp³-hybridized carbons (Fsp3) is 0.167. The summed E-state index contributed by atoms with van der Waals surface area (Å²) in [6.07, 6.45) is 4.09. The normalized spacial score (nSPS) is 11.8. The van der Waals surface area contributed by atoms with Gasteiger partial charge in [-0.2, -0.15) is 23.3 Å². The molecule has 4 aromatic rings. The summed E-state index contributed by atoms with van der Waals surface area (Å²) in [4.78, 5) is 0. The van der Waals surface area contributed by atoms with E-state index in [9.17, 15) is 0 Å². The monoisotopic (exact) mass is 498 g/mol. The third-order valence-corrected chi connectivity index (χ3v) is 5.99. The quantitative estimate of drug-likeness (QED) is 0.308. The number of furan rings is 1. The van der Waals surface area contributed by atoms with Crippen LogP contribution in [0.15, 0.2) is 53.2 Å². The number of hydrogen-bond donors (Lipinski definition) is 0. The van der Waals surface area contributed by atoms with Gasteiger partial charge in [0.2, 0.25) is 0 Å². The van der Waals surface area contributed by atoms with E-state index in [2.05, 4.69) is 43.1 Å². The molecule has 0 aliphatic carbocycles. The molecule has 0 saturated carbocycles. The molecular weight excluding hydrogens is 481 g/mol. The van der Waals surface area contributed by atoms with Crippen molar-refractivity contribution in [3.05, 3.63) is 54.9 Å². The third-order valence-electron chi connectivity index (χ3n) is 4.00. The molecule has 4 rings (SSSR count). The zero-order valence-corrected chi connectivity index (χ0v) is 16.6. The molecule has 0 aliphatic heterocycles. The first-order chi connectivity index (χ1) is 10.5. The Morgan fingerprint density at radius 2 is 1.87 bits per heavy atom. The molecule has 23 heavy (non-hydrogen) atoms. The van der Waals surface area contributed by atoms with Gasteiger partial charge >= 0.3 is 0 Å². The van der Waals surface area contributed by atoms with Crippen LogP contribution in [0.3, 0.4) is 0 Å². The van der Waals surface area contributed by atoms with Gasteiger partial charge in [0, 0.05) is 43.5 Å². The molecule has 0 unspecified atom stereocenters. The molecule has 0 spiro atoms. The van der Waals surface area contributed by atoms with E-state index in [1.54, 1.807) is 0 Å². The van der Waals surface area contributed by atoms with Crippen molar-refractivity contribution in [2.45, 2.75) is 19.6 Å². The molecule has 0 bridgehead atoms. The van der Waals surface area contributed by atoms with Crippen LogP contribution in [-0.2, 0) is 20.1 Å². The fourth-order valence-corrected chi connectivity index (χ4v) is 3.63. The largest absolute Gasteiger partial charge is 0.513 e. The smallest absolute Gasteiger partial charge is 0.116 e. The van der Waals surface area contributed by atoms with Crippen LogP contribution in [-0.4, -0.2) is 17.9 Å². The number of fused-ring (bicyclic) bond motifs is 3. The van der Waals surface area contributed by atoms with Crippen molar-refractivity contribution in [3.8, 4) is 5.69 Å². The van der Waals surface area contributed by atoms with Gasteiger partial charge in [-0.1, -0.05) is 43.2 Å². The molecule has 0 amide bonds. The van der Waals surface area contributed by atoms with Crippen LogP contribution in [0.25, 0.3) is 27.6 Å². The van der Waals surface area contributed by atoms with Crippen LogP contribution in [0.1, 0.15) is 0 Å². The third kappa shape index (κ3) is 2.69.